The summed E-state index contributed by atoms with van der Waals surface area (Å²) in [6.07, 6.45) is 0. The first-order chi connectivity index (χ1) is 9.36. The third-order valence-corrected chi connectivity index (χ3v) is 6.01. The van der Waals surface area contributed by atoms with E-state index in [2.05, 4.69) is 10.2 Å². The normalized spacial score (nSPS) is 18.2. The third-order valence-electron chi connectivity index (χ3n) is 3.81. The molecule has 1 N–H and O–H groups in total. The fourth-order valence-corrected chi connectivity index (χ4v) is 4.49. The van der Waals surface area contributed by atoms with Crippen LogP contribution < -0.4 is 5.32 Å². The molecule has 0 aromatic heterocycles. The lowest BCUT2D eigenvalue weighted by Crippen LogP contribution is -2.47. The predicted octanol–water partition coefficient (Wildman–Crippen LogP) is 1.28. The van der Waals surface area contributed by atoms with Crippen molar-refractivity contribution in [2.75, 3.05) is 45.6 Å². The predicted molar refractivity (Wildman–Crippen MR) is 81.7 cm³/mol. The summed E-state index contributed by atoms with van der Waals surface area (Å²) in [5, 5.41) is 3.06. The number of hydrogen-bond acceptors (Lipinski definition) is 4. The van der Waals surface area contributed by atoms with Crippen LogP contribution in [-0.4, -0.2) is 57.9 Å². The average molecular weight is 297 g/mol. The summed E-state index contributed by atoms with van der Waals surface area (Å²) in [6.45, 7) is 6.41. The number of nitrogens with one attached hydrogen (secondary N) is 1. The average Bonchev–Trinajstić information content (AvgIpc) is 2.37. The fraction of sp³-hybridized carbons (Fsp3) is 0.571. The van der Waals surface area contributed by atoms with Gasteiger partial charge in [-0.05, 0) is 44.2 Å². The summed E-state index contributed by atoms with van der Waals surface area (Å²) >= 11 is 0. The molecule has 0 aliphatic carbocycles. The smallest absolute Gasteiger partial charge is 0.243 e. The summed E-state index contributed by atoms with van der Waals surface area (Å²) in [6, 6.07) is 3.77. The first kappa shape index (κ1) is 15.3. The number of rotatable bonds is 3. The number of hydrogen-bond donors (Lipinski definition) is 1. The van der Waals surface area contributed by atoms with Crippen molar-refractivity contribution in [3.8, 4) is 0 Å². The van der Waals surface area contributed by atoms with Gasteiger partial charge in [0.05, 0.1) is 4.90 Å². The lowest BCUT2D eigenvalue weighted by Gasteiger charge is -2.32. The van der Waals surface area contributed by atoms with Gasteiger partial charge in [0.25, 0.3) is 0 Å². The third kappa shape index (κ3) is 2.82. The number of aryl methyl sites for hydroxylation is 2. The topological polar surface area (TPSA) is 52.7 Å². The maximum Gasteiger partial charge on any atom is 0.243 e. The second-order valence-electron chi connectivity index (χ2n) is 5.40. The van der Waals surface area contributed by atoms with Gasteiger partial charge < -0.3 is 10.2 Å². The molecule has 1 aliphatic heterocycles. The minimum atomic E-state index is -3.39. The van der Waals surface area contributed by atoms with E-state index in [1.165, 1.54) is 0 Å². The van der Waals surface area contributed by atoms with Crippen molar-refractivity contribution in [3.05, 3.63) is 23.3 Å². The monoisotopic (exact) mass is 297 g/mol. The molecule has 0 saturated carbocycles. The van der Waals surface area contributed by atoms with Crippen molar-refractivity contribution < 1.29 is 8.42 Å². The van der Waals surface area contributed by atoms with Gasteiger partial charge in [0.15, 0.2) is 0 Å². The van der Waals surface area contributed by atoms with Gasteiger partial charge in [0, 0.05) is 38.9 Å². The van der Waals surface area contributed by atoms with E-state index in [0.717, 1.165) is 29.9 Å². The zero-order chi connectivity index (χ0) is 14.9. The van der Waals surface area contributed by atoms with Gasteiger partial charge in [-0.1, -0.05) is 0 Å². The Hall–Kier alpha value is -1.11. The molecule has 0 atom stereocenters. The van der Waals surface area contributed by atoms with Gasteiger partial charge in [-0.3, -0.25) is 0 Å². The van der Waals surface area contributed by atoms with E-state index in [0.29, 0.717) is 18.0 Å². The van der Waals surface area contributed by atoms with Crippen LogP contribution in [0, 0.1) is 13.8 Å². The summed E-state index contributed by atoms with van der Waals surface area (Å²) < 4.78 is 27.2. The largest absolute Gasteiger partial charge is 0.388 e. The summed E-state index contributed by atoms with van der Waals surface area (Å²) in [4.78, 5) is 2.61. The SMILES string of the molecule is CNc1cc(C)c(S(=O)(=O)N2CCN(C)CC2)c(C)c1. The molecule has 20 heavy (non-hydrogen) atoms. The van der Waals surface area contributed by atoms with E-state index in [4.69, 9.17) is 0 Å². The maximum atomic E-state index is 12.8. The molecule has 1 saturated heterocycles. The highest BCUT2D eigenvalue weighted by molar-refractivity contribution is 7.89. The number of likely N-dealkylation sites (N-methyl/N-ethyl adjacent to an activating group) is 1. The molecule has 1 aromatic carbocycles. The first-order valence-corrected chi connectivity index (χ1v) is 8.28. The molecule has 0 amide bonds. The molecule has 0 unspecified atom stereocenters. The Kier molecular flexibility index (Phi) is 4.36. The Morgan fingerprint density at radius 2 is 1.55 bits per heavy atom. The van der Waals surface area contributed by atoms with Gasteiger partial charge in [0.2, 0.25) is 10.0 Å². The fourth-order valence-electron chi connectivity index (χ4n) is 2.66. The van der Waals surface area contributed by atoms with E-state index in [1.54, 1.807) is 4.31 Å². The lowest BCUT2D eigenvalue weighted by molar-refractivity contribution is 0.222. The zero-order valence-corrected chi connectivity index (χ0v) is 13.4. The number of piperazine rings is 1. The van der Waals surface area contributed by atoms with Gasteiger partial charge >= 0.3 is 0 Å². The Morgan fingerprint density at radius 3 is 2.00 bits per heavy atom. The van der Waals surface area contributed by atoms with Crippen LogP contribution in [0.5, 0.6) is 0 Å². The zero-order valence-electron chi connectivity index (χ0n) is 12.6. The van der Waals surface area contributed by atoms with Crippen LogP contribution in [0.25, 0.3) is 0 Å². The molecule has 5 nitrogen and oxygen atoms in total. The Bertz CT molecular complexity index is 567. The van der Waals surface area contributed by atoms with Crippen molar-refractivity contribution >= 4 is 15.7 Å². The highest BCUT2D eigenvalue weighted by atomic mass is 32.2. The van der Waals surface area contributed by atoms with E-state index in [1.807, 2.05) is 40.1 Å². The van der Waals surface area contributed by atoms with Crippen LogP contribution in [0.1, 0.15) is 11.1 Å². The molecule has 0 radical (unpaired) electrons. The van der Waals surface area contributed by atoms with Gasteiger partial charge in [0.1, 0.15) is 0 Å². The molecule has 6 heteroatoms. The maximum absolute atomic E-state index is 12.8. The quantitative estimate of drug-likeness (QED) is 0.913. The van der Waals surface area contributed by atoms with E-state index in [-0.39, 0.29) is 0 Å². The van der Waals surface area contributed by atoms with Crippen molar-refractivity contribution in [3.63, 3.8) is 0 Å². The minimum absolute atomic E-state index is 0.459. The minimum Gasteiger partial charge on any atom is -0.388 e. The molecule has 1 heterocycles. The van der Waals surface area contributed by atoms with E-state index < -0.39 is 10.0 Å². The highest BCUT2D eigenvalue weighted by Gasteiger charge is 2.30. The number of sulfonamides is 1. The molecule has 1 aromatic rings. The first-order valence-electron chi connectivity index (χ1n) is 6.84. The summed E-state index contributed by atoms with van der Waals surface area (Å²) in [5.74, 6) is 0. The molecule has 1 fully saturated rings. The molecule has 0 bridgehead atoms. The van der Waals surface area contributed by atoms with E-state index >= 15 is 0 Å². The van der Waals surface area contributed by atoms with Crippen molar-refractivity contribution in [1.82, 2.24) is 9.21 Å². The Balaban J connectivity index is 2.39. The molecule has 2 rings (SSSR count). The van der Waals surface area contributed by atoms with Gasteiger partial charge in [-0.25, -0.2) is 8.42 Å². The summed E-state index contributed by atoms with van der Waals surface area (Å²) in [5.41, 5.74) is 2.54. The van der Waals surface area contributed by atoms with Crippen LogP contribution in [0.15, 0.2) is 17.0 Å². The number of anilines is 1. The highest BCUT2D eigenvalue weighted by Crippen LogP contribution is 2.27. The molecular weight excluding hydrogens is 274 g/mol. The van der Waals surface area contributed by atoms with Crippen molar-refractivity contribution in [2.45, 2.75) is 18.7 Å². The van der Waals surface area contributed by atoms with Crippen molar-refractivity contribution in [1.29, 1.82) is 0 Å². The number of nitrogens with zero attached hydrogens (tertiary/aromatic N) is 2. The van der Waals surface area contributed by atoms with Gasteiger partial charge in [-0.15, -0.1) is 0 Å². The molecule has 112 valence electrons. The van der Waals surface area contributed by atoms with Crippen LogP contribution in [0.4, 0.5) is 5.69 Å². The van der Waals surface area contributed by atoms with Gasteiger partial charge in [-0.2, -0.15) is 4.31 Å². The molecular formula is C14H23N3O2S. The van der Waals surface area contributed by atoms with Crippen LogP contribution in [0.2, 0.25) is 0 Å². The Labute approximate surface area is 121 Å². The second-order valence-corrected chi connectivity index (χ2v) is 7.27. The van der Waals surface area contributed by atoms with Crippen LogP contribution >= 0.6 is 0 Å². The Morgan fingerprint density at radius 1 is 1.05 bits per heavy atom. The van der Waals surface area contributed by atoms with Crippen LogP contribution in [0.3, 0.4) is 0 Å². The number of benzene rings is 1. The van der Waals surface area contributed by atoms with Crippen LogP contribution in [-0.2, 0) is 10.0 Å². The second kappa shape index (κ2) is 5.71. The molecule has 1 aliphatic rings. The van der Waals surface area contributed by atoms with Crippen molar-refractivity contribution in [2.24, 2.45) is 0 Å². The molecule has 0 spiro atoms. The standard InChI is InChI=1S/C14H23N3O2S/c1-11-9-13(15-3)10-12(2)14(11)20(18,19)17-7-5-16(4)6-8-17/h9-10,15H,5-8H2,1-4H3. The summed E-state index contributed by atoms with van der Waals surface area (Å²) in [7, 11) is 0.459. The lowest BCUT2D eigenvalue weighted by atomic mass is 10.1. The van der Waals surface area contributed by atoms with E-state index in [9.17, 15) is 8.42 Å².